The minimum atomic E-state index is 0.418. The molecule has 0 unspecified atom stereocenters. The van der Waals surface area contributed by atoms with Gasteiger partial charge in [0.15, 0.2) is 5.82 Å². The largest absolute Gasteiger partial charge is 0.398 e. The SMILES string of the molecule is Cc1c(N)ccc(Nc2nc(-c3ccnc(N)c3)nn2C)c1Cl. The quantitative estimate of drug-likeness (QED) is 0.638. The summed E-state index contributed by atoms with van der Waals surface area (Å²) in [6, 6.07) is 7.13. The van der Waals surface area contributed by atoms with Crippen LogP contribution in [0, 0.1) is 6.92 Å². The fourth-order valence-electron chi connectivity index (χ4n) is 2.12. The highest BCUT2D eigenvalue weighted by Gasteiger charge is 2.12. The number of nitrogens with zero attached hydrogens (tertiary/aromatic N) is 4. The summed E-state index contributed by atoms with van der Waals surface area (Å²) in [5.41, 5.74) is 14.5. The number of aryl methyl sites for hydroxylation is 1. The molecule has 0 atom stereocenters. The van der Waals surface area contributed by atoms with Crippen molar-refractivity contribution in [3.63, 3.8) is 0 Å². The standard InChI is InChI=1S/C15H16ClN7/c1-8-10(17)3-4-11(13(8)16)20-15-21-14(22-23(15)2)9-5-6-19-12(18)7-9/h3-7H,17H2,1-2H3,(H2,18,19)(H,20,21,22). The van der Waals surface area contributed by atoms with Crippen LogP contribution >= 0.6 is 11.6 Å². The van der Waals surface area contributed by atoms with Crippen LogP contribution in [0.4, 0.5) is 23.1 Å². The van der Waals surface area contributed by atoms with Crippen molar-refractivity contribution in [1.29, 1.82) is 0 Å². The van der Waals surface area contributed by atoms with Gasteiger partial charge in [-0.2, -0.15) is 4.98 Å². The lowest BCUT2D eigenvalue weighted by atomic mass is 10.2. The minimum Gasteiger partial charge on any atom is -0.398 e. The van der Waals surface area contributed by atoms with Gasteiger partial charge in [-0.3, -0.25) is 0 Å². The summed E-state index contributed by atoms with van der Waals surface area (Å²) in [6.07, 6.45) is 1.62. The first-order valence-electron chi connectivity index (χ1n) is 6.90. The second-order valence-electron chi connectivity index (χ2n) is 5.12. The van der Waals surface area contributed by atoms with Crippen LogP contribution in [0.15, 0.2) is 30.5 Å². The zero-order valence-electron chi connectivity index (χ0n) is 12.7. The van der Waals surface area contributed by atoms with Crippen LogP contribution < -0.4 is 16.8 Å². The fourth-order valence-corrected chi connectivity index (χ4v) is 2.34. The Labute approximate surface area is 138 Å². The Balaban J connectivity index is 1.95. The molecule has 0 aliphatic carbocycles. The number of hydrogen-bond donors (Lipinski definition) is 3. The van der Waals surface area contributed by atoms with Crippen molar-refractivity contribution in [3.8, 4) is 11.4 Å². The maximum Gasteiger partial charge on any atom is 0.225 e. The molecule has 8 heteroatoms. The number of pyridine rings is 1. The predicted octanol–water partition coefficient (Wildman–Crippen LogP) is 2.75. The van der Waals surface area contributed by atoms with E-state index in [1.54, 1.807) is 36.1 Å². The molecule has 3 rings (SSSR count). The third-order valence-corrected chi connectivity index (χ3v) is 3.96. The van der Waals surface area contributed by atoms with Crippen molar-refractivity contribution >= 4 is 34.7 Å². The number of benzene rings is 1. The molecule has 118 valence electrons. The Kier molecular flexibility index (Phi) is 3.79. The van der Waals surface area contributed by atoms with Gasteiger partial charge < -0.3 is 16.8 Å². The average Bonchev–Trinajstić information content (AvgIpc) is 2.89. The highest BCUT2D eigenvalue weighted by molar-refractivity contribution is 6.34. The Morgan fingerprint density at radius 2 is 2.00 bits per heavy atom. The summed E-state index contributed by atoms with van der Waals surface area (Å²) >= 11 is 6.32. The van der Waals surface area contributed by atoms with Gasteiger partial charge in [0.05, 0.1) is 10.7 Å². The van der Waals surface area contributed by atoms with Gasteiger partial charge in [-0.25, -0.2) is 9.67 Å². The van der Waals surface area contributed by atoms with E-state index in [4.69, 9.17) is 23.1 Å². The molecule has 7 nitrogen and oxygen atoms in total. The molecule has 0 aliphatic rings. The average molecular weight is 330 g/mol. The van der Waals surface area contributed by atoms with Crippen LogP contribution in [0.5, 0.6) is 0 Å². The number of nitrogens with two attached hydrogens (primary N) is 2. The third kappa shape index (κ3) is 2.91. The van der Waals surface area contributed by atoms with E-state index in [1.807, 2.05) is 13.0 Å². The predicted molar refractivity (Wildman–Crippen MR) is 92.5 cm³/mol. The molecule has 0 saturated carbocycles. The minimum absolute atomic E-state index is 0.418. The Bertz CT molecular complexity index is 872. The van der Waals surface area contributed by atoms with Gasteiger partial charge in [0.25, 0.3) is 0 Å². The van der Waals surface area contributed by atoms with Crippen LogP contribution in [-0.2, 0) is 7.05 Å². The normalized spacial score (nSPS) is 10.7. The van der Waals surface area contributed by atoms with Crippen LogP contribution in [0.1, 0.15) is 5.56 Å². The zero-order valence-corrected chi connectivity index (χ0v) is 13.5. The maximum atomic E-state index is 6.32. The van der Waals surface area contributed by atoms with E-state index in [0.29, 0.717) is 28.3 Å². The fraction of sp³-hybridized carbons (Fsp3) is 0.133. The Morgan fingerprint density at radius 1 is 1.22 bits per heavy atom. The van der Waals surface area contributed by atoms with E-state index < -0.39 is 0 Å². The molecule has 1 aromatic carbocycles. The highest BCUT2D eigenvalue weighted by Crippen LogP contribution is 2.31. The topological polar surface area (TPSA) is 108 Å². The molecule has 2 aromatic heterocycles. The second kappa shape index (κ2) is 5.77. The highest BCUT2D eigenvalue weighted by atomic mass is 35.5. The molecule has 0 amide bonds. The molecule has 0 aliphatic heterocycles. The number of halogens is 1. The Hall–Kier alpha value is -2.80. The number of hydrogen-bond acceptors (Lipinski definition) is 6. The number of nitrogens with one attached hydrogen (secondary N) is 1. The monoisotopic (exact) mass is 329 g/mol. The van der Waals surface area contributed by atoms with Gasteiger partial charge in [-0.05, 0) is 36.8 Å². The molecule has 0 spiro atoms. The first kappa shape index (κ1) is 15.1. The van der Waals surface area contributed by atoms with E-state index >= 15 is 0 Å². The number of rotatable bonds is 3. The molecular weight excluding hydrogens is 314 g/mol. The van der Waals surface area contributed by atoms with E-state index in [1.165, 1.54) is 0 Å². The first-order valence-corrected chi connectivity index (χ1v) is 7.28. The van der Waals surface area contributed by atoms with Gasteiger partial charge in [0, 0.05) is 24.5 Å². The summed E-state index contributed by atoms with van der Waals surface area (Å²) in [6.45, 7) is 1.87. The number of aromatic nitrogens is 4. The van der Waals surface area contributed by atoms with Gasteiger partial charge in [0.2, 0.25) is 5.95 Å². The zero-order chi connectivity index (χ0) is 16.6. The van der Waals surface area contributed by atoms with Crippen molar-refractivity contribution in [1.82, 2.24) is 19.7 Å². The van der Waals surface area contributed by atoms with Crippen LogP contribution in [0.25, 0.3) is 11.4 Å². The number of nitrogen functional groups attached to an aromatic ring is 2. The molecular formula is C15H16ClN7. The molecule has 3 aromatic rings. The summed E-state index contributed by atoms with van der Waals surface area (Å²) in [7, 11) is 1.79. The number of anilines is 4. The van der Waals surface area contributed by atoms with E-state index in [-0.39, 0.29) is 0 Å². The molecule has 0 saturated heterocycles. The van der Waals surface area contributed by atoms with E-state index in [0.717, 1.165) is 16.8 Å². The second-order valence-corrected chi connectivity index (χ2v) is 5.50. The lowest BCUT2D eigenvalue weighted by molar-refractivity contribution is 0.778. The van der Waals surface area contributed by atoms with Crippen molar-refractivity contribution in [2.45, 2.75) is 6.92 Å². The molecule has 5 N–H and O–H groups in total. The van der Waals surface area contributed by atoms with Gasteiger partial charge >= 0.3 is 0 Å². The van der Waals surface area contributed by atoms with Crippen molar-refractivity contribution in [2.75, 3.05) is 16.8 Å². The van der Waals surface area contributed by atoms with E-state index in [2.05, 4.69) is 20.4 Å². The summed E-state index contributed by atoms with van der Waals surface area (Å²) in [5.74, 6) is 1.52. The molecule has 0 bridgehead atoms. The van der Waals surface area contributed by atoms with Crippen LogP contribution in [-0.4, -0.2) is 19.7 Å². The lowest BCUT2D eigenvalue weighted by Gasteiger charge is -2.10. The van der Waals surface area contributed by atoms with Gasteiger partial charge in [-0.15, -0.1) is 5.10 Å². The maximum absolute atomic E-state index is 6.32. The lowest BCUT2D eigenvalue weighted by Crippen LogP contribution is -2.02. The van der Waals surface area contributed by atoms with Crippen molar-refractivity contribution < 1.29 is 0 Å². The van der Waals surface area contributed by atoms with E-state index in [9.17, 15) is 0 Å². The third-order valence-electron chi connectivity index (χ3n) is 3.48. The van der Waals surface area contributed by atoms with Crippen LogP contribution in [0.3, 0.4) is 0 Å². The molecule has 0 radical (unpaired) electrons. The van der Waals surface area contributed by atoms with Gasteiger partial charge in [0.1, 0.15) is 5.82 Å². The van der Waals surface area contributed by atoms with Crippen molar-refractivity contribution in [3.05, 3.63) is 41.0 Å². The van der Waals surface area contributed by atoms with Gasteiger partial charge in [-0.1, -0.05) is 11.6 Å². The Morgan fingerprint density at radius 3 is 2.74 bits per heavy atom. The molecule has 0 fully saturated rings. The smallest absolute Gasteiger partial charge is 0.225 e. The summed E-state index contributed by atoms with van der Waals surface area (Å²) in [5, 5.41) is 8.11. The van der Waals surface area contributed by atoms with Crippen LogP contribution in [0.2, 0.25) is 5.02 Å². The molecule has 2 heterocycles. The first-order chi connectivity index (χ1) is 11.0. The summed E-state index contributed by atoms with van der Waals surface area (Å²) < 4.78 is 1.63. The van der Waals surface area contributed by atoms with Crippen molar-refractivity contribution in [2.24, 2.45) is 7.05 Å². The summed E-state index contributed by atoms with van der Waals surface area (Å²) in [4.78, 5) is 8.44. The molecule has 23 heavy (non-hydrogen) atoms.